The van der Waals surface area contributed by atoms with Crippen LogP contribution in [-0.2, 0) is 9.63 Å². The highest BCUT2D eigenvalue weighted by Crippen LogP contribution is 1.78. The van der Waals surface area contributed by atoms with Gasteiger partial charge in [-0.2, -0.15) is 0 Å². The maximum atomic E-state index is 11.2. The van der Waals surface area contributed by atoms with E-state index >= 15 is 0 Å². The van der Waals surface area contributed by atoms with Gasteiger partial charge in [-0.15, -0.1) is 5.48 Å². The smallest absolute Gasteiger partial charge is 0.367 e. The SMILES string of the molecule is CCCNC(N)NOC(=O)C(=NC)NC. The molecule has 0 bridgehead atoms. The summed E-state index contributed by atoms with van der Waals surface area (Å²) in [6, 6.07) is 0. The van der Waals surface area contributed by atoms with E-state index in [-0.39, 0.29) is 5.84 Å². The maximum Gasteiger partial charge on any atom is 0.392 e. The molecule has 0 saturated carbocycles. The van der Waals surface area contributed by atoms with Crippen molar-refractivity contribution in [2.24, 2.45) is 10.7 Å². The van der Waals surface area contributed by atoms with Crippen LogP contribution in [0.1, 0.15) is 13.3 Å². The second-order valence-electron chi connectivity index (χ2n) is 2.76. The van der Waals surface area contributed by atoms with Gasteiger partial charge in [0.15, 0.2) is 0 Å². The Hall–Kier alpha value is -1.18. The molecule has 7 nitrogen and oxygen atoms in total. The quantitative estimate of drug-likeness (QED) is 0.194. The second kappa shape index (κ2) is 8.16. The first-order chi connectivity index (χ1) is 7.15. The zero-order valence-electron chi connectivity index (χ0n) is 9.33. The van der Waals surface area contributed by atoms with Crippen molar-refractivity contribution in [3.8, 4) is 0 Å². The highest BCUT2D eigenvalue weighted by atomic mass is 16.7. The summed E-state index contributed by atoms with van der Waals surface area (Å²) in [6.07, 6.45) is 0.366. The molecule has 7 heteroatoms. The molecule has 0 aromatic heterocycles. The molecule has 0 fully saturated rings. The number of hydroxylamine groups is 1. The lowest BCUT2D eigenvalue weighted by molar-refractivity contribution is -0.145. The predicted molar refractivity (Wildman–Crippen MR) is 57.9 cm³/mol. The summed E-state index contributed by atoms with van der Waals surface area (Å²) in [5.74, 6) is -0.473. The van der Waals surface area contributed by atoms with Gasteiger partial charge in [-0.3, -0.25) is 10.3 Å². The minimum atomic E-state index is -0.603. The molecule has 0 aliphatic carbocycles. The minimum Gasteiger partial charge on any atom is -0.367 e. The van der Waals surface area contributed by atoms with Crippen molar-refractivity contribution in [3.63, 3.8) is 0 Å². The summed E-state index contributed by atoms with van der Waals surface area (Å²) < 4.78 is 0. The lowest BCUT2D eigenvalue weighted by Crippen LogP contribution is -2.51. The predicted octanol–water partition coefficient (Wildman–Crippen LogP) is -1.48. The van der Waals surface area contributed by atoms with Crippen LogP contribution in [0.15, 0.2) is 4.99 Å². The first kappa shape index (κ1) is 13.8. The number of carbonyl (C=O) groups excluding carboxylic acids is 1. The van der Waals surface area contributed by atoms with Crippen LogP contribution in [0.3, 0.4) is 0 Å². The monoisotopic (exact) mass is 217 g/mol. The molecular formula is C8H19N5O2. The summed E-state index contributed by atoms with van der Waals surface area (Å²) in [7, 11) is 3.07. The molecule has 0 aliphatic heterocycles. The Morgan fingerprint density at radius 1 is 1.60 bits per heavy atom. The number of nitrogens with one attached hydrogen (secondary N) is 3. The molecule has 1 atom stereocenters. The van der Waals surface area contributed by atoms with Crippen LogP contribution >= 0.6 is 0 Å². The largest absolute Gasteiger partial charge is 0.392 e. The van der Waals surface area contributed by atoms with Crippen molar-refractivity contribution in [1.82, 2.24) is 16.1 Å². The fourth-order valence-electron chi connectivity index (χ4n) is 0.812. The van der Waals surface area contributed by atoms with E-state index in [1.165, 1.54) is 7.05 Å². The second-order valence-corrected chi connectivity index (χ2v) is 2.76. The fraction of sp³-hybridized carbons (Fsp3) is 0.750. The highest BCUT2D eigenvalue weighted by Gasteiger charge is 2.11. The third kappa shape index (κ3) is 6.00. The Balaban J connectivity index is 3.79. The maximum absolute atomic E-state index is 11.2. The Labute approximate surface area is 89.4 Å². The van der Waals surface area contributed by atoms with Crippen molar-refractivity contribution in [1.29, 1.82) is 0 Å². The van der Waals surface area contributed by atoms with Crippen LogP contribution in [0, 0.1) is 0 Å². The van der Waals surface area contributed by atoms with Crippen LogP contribution in [0.4, 0.5) is 0 Å². The molecule has 0 amide bonds. The molecular weight excluding hydrogens is 198 g/mol. The number of likely N-dealkylation sites (N-methyl/N-ethyl adjacent to an activating group) is 1. The lowest BCUT2D eigenvalue weighted by atomic mass is 10.5. The zero-order chi connectivity index (χ0) is 11.7. The summed E-state index contributed by atoms with van der Waals surface area (Å²) in [5, 5.41) is 5.48. The van der Waals surface area contributed by atoms with Gasteiger partial charge in [-0.1, -0.05) is 6.92 Å². The van der Waals surface area contributed by atoms with Gasteiger partial charge in [0.1, 0.15) is 6.29 Å². The normalized spacial score (nSPS) is 13.5. The number of rotatable bonds is 5. The van der Waals surface area contributed by atoms with E-state index < -0.39 is 12.3 Å². The Bertz CT molecular complexity index is 219. The van der Waals surface area contributed by atoms with E-state index in [1.807, 2.05) is 6.92 Å². The van der Waals surface area contributed by atoms with Gasteiger partial charge >= 0.3 is 5.97 Å². The number of nitrogens with zero attached hydrogens (tertiary/aromatic N) is 1. The summed E-state index contributed by atoms with van der Waals surface area (Å²) in [5.41, 5.74) is 7.89. The van der Waals surface area contributed by atoms with Gasteiger partial charge in [0.05, 0.1) is 0 Å². The molecule has 0 aliphatic rings. The summed E-state index contributed by atoms with van der Waals surface area (Å²) >= 11 is 0. The van der Waals surface area contributed by atoms with Crippen LogP contribution in [0.25, 0.3) is 0 Å². The fourth-order valence-corrected chi connectivity index (χ4v) is 0.812. The van der Waals surface area contributed by atoms with E-state index in [0.29, 0.717) is 0 Å². The highest BCUT2D eigenvalue weighted by molar-refractivity contribution is 6.35. The van der Waals surface area contributed by atoms with Crippen molar-refractivity contribution >= 4 is 11.8 Å². The van der Waals surface area contributed by atoms with Crippen molar-refractivity contribution < 1.29 is 9.63 Å². The van der Waals surface area contributed by atoms with Crippen molar-refractivity contribution in [3.05, 3.63) is 0 Å². The van der Waals surface area contributed by atoms with E-state index in [1.54, 1.807) is 7.05 Å². The molecule has 0 heterocycles. The molecule has 0 aromatic carbocycles. The zero-order valence-corrected chi connectivity index (χ0v) is 9.33. The molecule has 15 heavy (non-hydrogen) atoms. The standard InChI is InChI=1S/C8H19N5O2/c1-4-5-12-8(9)13-15-7(14)6(10-2)11-3/h8,12-13H,4-5,9H2,1-3H3,(H,10,11). The van der Waals surface area contributed by atoms with Crippen LogP contribution < -0.4 is 21.8 Å². The Morgan fingerprint density at radius 2 is 2.27 bits per heavy atom. The van der Waals surface area contributed by atoms with Gasteiger partial charge in [0.2, 0.25) is 5.84 Å². The van der Waals surface area contributed by atoms with Gasteiger partial charge in [0.25, 0.3) is 0 Å². The average Bonchev–Trinajstić information content (AvgIpc) is 2.25. The number of nitrogens with two attached hydrogens (primary N) is 1. The summed E-state index contributed by atoms with van der Waals surface area (Å²) in [6.45, 7) is 2.75. The van der Waals surface area contributed by atoms with Crippen LogP contribution in [0.2, 0.25) is 0 Å². The van der Waals surface area contributed by atoms with E-state index in [4.69, 9.17) is 5.73 Å². The third-order valence-corrected chi connectivity index (χ3v) is 1.55. The number of carbonyl (C=O) groups is 1. The molecule has 0 spiro atoms. The average molecular weight is 217 g/mol. The number of aliphatic imine (C=N–C) groups is 1. The van der Waals surface area contributed by atoms with Crippen LogP contribution in [0.5, 0.6) is 0 Å². The lowest BCUT2D eigenvalue weighted by Gasteiger charge is -2.14. The topological polar surface area (TPSA) is 101 Å². The number of hydrogen-bond donors (Lipinski definition) is 4. The van der Waals surface area contributed by atoms with E-state index in [2.05, 4.69) is 25.9 Å². The number of hydrogen-bond acceptors (Lipinski definition) is 6. The molecule has 5 N–H and O–H groups in total. The van der Waals surface area contributed by atoms with Gasteiger partial charge in [-0.05, 0) is 13.0 Å². The molecule has 0 saturated heterocycles. The molecule has 0 aromatic rings. The first-order valence-corrected chi connectivity index (χ1v) is 4.75. The van der Waals surface area contributed by atoms with Gasteiger partial charge < -0.3 is 15.9 Å². The van der Waals surface area contributed by atoms with Gasteiger partial charge in [0, 0.05) is 14.1 Å². The Morgan fingerprint density at radius 3 is 2.73 bits per heavy atom. The minimum absolute atomic E-state index is 0.130. The van der Waals surface area contributed by atoms with Crippen molar-refractivity contribution in [2.45, 2.75) is 19.6 Å². The molecule has 0 radical (unpaired) electrons. The van der Waals surface area contributed by atoms with Crippen LogP contribution in [-0.4, -0.2) is 38.7 Å². The molecule has 0 rings (SSSR count). The van der Waals surface area contributed by atoms with E-state index in [0.717, 1.165) is 13.0 Å². The summed E-state index contributed by atoms with van der Waals surface area (Å²) in [4.78, 5) is 19.6. The van der Waals surface area contributed by atoms with Gasteiger partial charge in [-0.25, -0.2) is 4.79 Å². The van der Waals surface area contributed by atoms with E-state index in [9.17, 15) is 4.79 Å². The third-order valence-electron chi connectivity index (χ3n) is 1.55. The Kier molecular flexibility index (Phi) is 7.51. The molecule has 1 unspecified atom stereocenters. The number of amidine groups is 1. The first-order valence-electron chi connectivity index (χ1n) is 4.75. The molecule has 88 valence electrons. The van der Waals surface area contributed by atoms with Crippen molar-refractivity contribution in [2.75, 3.05) is 20.6 Å².